The number of hydrogen-bond donors (Lipinski definition) is 2. The van der Waals surface area contributed by atoms with Gasteiger partial charge in [-0.2, -0.15) is 5.01 Å². The topological polar surface area (TPSA) is 85.0 Å². The van der Waals surface area contributed by atoms with Gasteiger partial charge in [-0.25, -0.2) is 4.79 Å². The summed E-state index contributed by atoms with van der Waals surface area (Å²) in [6.45, 7) is 6.50. The minimum atomic E-state index is -0.838. The van der Waals surface area contributed by atoms with E-state index in [4.69, 9.17) is 0 Å². The van der Waals surface area contributed by atoms with Crippen LogP contribution in [0.5, 0.6) is 0 Å². The number of amides is 4. The van der Waals surface area contributed by atoms with Crippen LogP contribution in [0.4, 0.5) is 4.79 Å². The summed E-state index contributed by atoms with van der Waals surface area (Å²) >= 11 is 0. The third kappa shape index (κ3) is 5.19. The molecule has 8 nitrogen and oxygen atoms in total. The standard InChI is InChI=1S/C24H33N5O3/c1-19-9-11-24(12-10-19)22(31)29(23(32)25-24)26-21(30)18-28-16-14-27(15-17-28)13-5-8-20-6-3-2-4-7-20/h2-8,19H,9-18H2,1H3,(H,25,32)(H,26,30). The fraction of sp³-hybridized carbons (Fsp3) is 0.542. The lowest BCUT2D eigenvalue weighted by atomic mass is 9.77. The van der Waals surface area contributed by atoms with Crippen LogP contribution in [0.1, 0.15) is 38.2 Å². The van der Waals surface area contributed by atoms with Crippen LogP contribution >= 0.6 is 0 Å². The number of rotatable bonds is 6. The molecule has 0 radical (unpaired) electrons. The summed E-state index contributed by atoms with van der Waals surface area (Å²) in [6, 6.07) is 9.70. The Morgan fingerprint density at radius 2 is 1.75 bits per heavy atom. The van der Waals surface area contributed by atoms with Crippen molar-refractivity contribution in [2.45, 2.75) is 38.1 Å². The summed E-state index contributed by atoms with van der Waals surface area (Å²) < 4.78 is 0. The molecular formula is C24H33N5O3. The highest BCUT2D eigenvalue weighted by Gasteiger charge is 2.52. The molecule has 2 saturated heterocycles. The number of carbonyl (C=O) groups is 3. The molecule has 2 N–H and O–H groups in total. The van der Waals surface area contributed by atoms with E-state index in [0.717, 1.165) is 50.6 Å². The first-order valence-electron chi connectivity index (χ1n) is 11.6. The first-order valence-corrected chi connectivity index (χ1v) is 11.6. The molecule has 1 spiro atoms. The molecule has 1 saturated carbocycles. The van der Waals surface area contributed by atoms with Crippen molar-refractivity contribution in [3.05, 3.63) is 42.0 Å². The van der Waals surface area contributed by atoms with Crippen molar-refractivity contribution in [1.82, 2.24) is 25.6 Å². The van der Waals surface area contributed by atoms with Crippen molar-refractivity contribution in [2.75, 3.05) is 39.3 Å². The van der Waals surface area contributed by atoms with E-state index < -0.39 is 11.6 Å². The highest BCUT2D eigenvalue weighted by atomic mass is 16.2. The van der Waals surface area contributed by atoms with Crippen LogP contribution in [0.15, 0.2) is 36.4 Å². The highest BCUT2D eigenvalue weighted by molar-refractivity contribution is 6.08. The molecule has 0 bridgehead atoms. The zero-order valence-electron chi connectivity index (χ0n) is 18.8. The Labute approximate surface area is 189 Å². The van der Waals surface area contributed by atoms with Gasteiger partial charge in [0.05, 0.1) is 6.54 Å². The summed E-state index contributed by atoms with van der Waals surface area (Å²) in [5.74, 6) is -0.0913. The molecule has 8 heteroatoms. The summed E-state index contributed by atoms with van der Waals surface area (Å²) in [5, 5.41) is 3.72. The number of imide groups is 1. The number of hydrogen-bond acceptors (Lipinski definition) is 5. The monoisotopic (exact) mass is 439 g/mol. The van der Waals surface area contributed by atoms with Crippen LogP contribution < -0.4 is 10.7 Å². The van der Waals surface area contributed by atoms with Crippen LogP contribution in [0.2, 0.25) is 0 Å². The van der Waals surface area contributed by atoms with Crippen molar-refractivity contribution in [3.8, 4) is 0 Å². The molecule has 172 valence electrons. The van der Waals surface area contributed by atoms with Gasteiger partial charge in [0.2, 0.25) is 0 Å². The molecular weight excluding hydrogens is 406 g/mol. The van der Waals surface area contributed by atoms with E-state index in [1.165, 1.54) is 5.56 Å². The van der Waals surface area contributed by atoms with E-state index in [2.05, 4.69) is 51.8 Å². The second-order valence-corrected chi connectivity index (χ2v) is 9.26. The maximum atomic E-state index is 12.9. The van der Waals surface area contributed by atoms with Crippen LogP contribution in [0.3, 0.4) is 0 Å². The number of benzene rings is 1. The first kappa shape index (κ1) is 22.5. The number of hydrazine groups is 1. The minimum Gasteiger partial charge on any atom is -0.322 e. The zero-order chi connectivity index (χ0) is 22.6. The highest BCUT2D eigenvalue weighted by Crippen LogP contribution is 2.35. The Bertz CT molecular complexity index is 856. The summed E-state index contributed by atoms with van der Waals surface area (Å²) in [7, 11) is 0. The number of nitrogens with zero attached hydrogens (tertiary/aromatic N) is 3. The predicted octanol–water partition coefficient (Wildman–Crippen LogP) is 1.85. The SMILES string of the molecule is CC1CCC2(CC1)NC(=O)N(NC(=O)CN1CCN(CC=Cc3ccccc3)CC1)C2=O. The van der Waals surface area contributed by atoms with Gasteiger partial charge in [0.25, 0.3) is 11.8 Å². The lowest BCUT2D eigenvalue weighted by molar-refractivity contribution is -0.140. The normalized spacial score (nSPS) is 27.3. The number of urea groups is 1. The molecule has 1 aliphatic carbocycles. The lowest BCUT2D eigenvalue weighted by Crippen LogP contribution is -2.54. The van der Waals surface area contributed by atoms with Gasteiger partial charge in [-0.1, -0.05) is 49.4 Å². The minimum absolute atomic E-state index is 0.175. The van der Waals surface area contributed by atoms with Gasteiger partial charge in [0.1, 0.15) is 5.54 Å². The molecule has 32 heavy (non-hydrogen) atoms. The van der Waals surface area contributed by atoms with E-state index in [-0.39, 0.29) is 18.4 Å². The molecule has 1 aromatic carbocycles. The third-order valence-electron chi connectivity index (χ3n) is 6.83. The van der Waals surface area contributed by atoms with Crippen LogP contribution in [0.25, 0.3) is 6.08 Å². The quantitative estimate of drug-likeness (QED) is 0.661. The predicted molar refractivity (Wildman–Crippen MR) is 122 cm³/mol. The average Bonchev–Trinajstić information content (AvgIpc) is 3.02. The molecule has 3 aliphatic rings. The van der Waals surface area contributed by atoms with Gasteiger partial charge < -0.3 is 5.32 Å². The van der Waals surface area contributed by atoms with E-state index in [0.29, 0.717) is 18.8 Å². The number of nitrogens with one attached hydrogen (secondary N) is 2. The smallest absolute Gasteiger partial charge is 0.322 e. The Balaban J connectivity index is 1.20. The summed E-state index contributed by atoms with van der Waals surface area (Å²) in [5.41, 5.74) is 2.89. The van der Waals surface area contributed by atoms with Crippen molar-refractivity contribution >= 4 is 23.9 Å². The van der Waals surface area contributed by atoms with Crippen molar-refractivity contribution in [2.24, 2.45) is 5.92 Å². The van der Waals surface area contributed by atoms with Gasteiger partial charge in [-0.05, 0) is 37.2 Å². The largest absolute Gasteiger partial charge is 0.344 e. The Morgan fingerprint density at radius 1 is 1.09 bits per heavy atom. The third-order valence-corrected chi connectivity index (χ3v) is 6.83. The van der Waals surface area contributed by atoms with Crippen LogP contribution in [-0.2, 0) is 9.59 Å². The van der Waals surface area contributed by atoms with Crippen LogP contribution in [0, 0.1) is 5.92 Å². The average molecular weight is 440 g/mol. The molecule has 4 rings (SSSR count). The number of carbonyl (C=O) groups excluding carboxylic acids is 3. The van der Waals surface area contributed by atoms with E-state index in [1.807, 2.05) is 18.2 Å². The van der Waals surface area contributed by atoms with E-state index in [9.17, 15) is 14.4 Å². The molecule has 3 fully saturated rings. The molecule has 4 amide bonds. The summed E-state index contributed by atoms with van der Waals surface area (Å²) in [6.07, 6.45) is 7.35. The maximum Gasteiger partial charge on any atom is 0.344 e. The van der Waals surface area contributed by atoms with Crippen molar-refractivity contribution < 1.29 is 14.4 Å². The van der Waals surface area contributed by atoms with Gasteiger partial charge >= 0.3 is 6.03 Å². The molecule has 0 aromatic heterocycles. The fourth-order valence-electron chi connectivity index (χ4n) is 4.71. The first-order chi connectivity index (χ1) is 15.4. The van der Waals surface area contributed by atoms with Gasteiger partial charge in [0, 0.05) is 32.7 Å². The Morgan fingerprint density at radius 3 is 2.44 bits per heavy atom. The lowest BCUT2D eigenvalue weighted by Gasteiger charge is -2.34. The zero-order valence-corrected chi connectivity index (χ0v) is 18.8. The van der Waals surface area contributed by atoms with Gasteiger partial charge in [-0.15, -0.1) is 0 Å². The second-order valence-electron chi connectivity index (χ2n) is 9.26. The molecule has 1 aromatic rings. The van der Waals surface area contributed by atoms with Crippen molar-refractivity contribution in [1.29, 1.82) is 0 Å². The van der Waals surface area contributed by atoms with Gasteiger partial charge in [-0.3, -0.25) is 24.8 Å². The molecule has 0 atom stereocenters. The Kier molecular flexibility index (Phi) is 6.91. The fourth-order valence-corrected chi connectivity index (χ4v) is 4.71. The molecule has 2 heterocycles. The van der Waals surface area contributed by atoms with E-state index >= 15 is 0 Å². The second kappa shape index (κ2) is 9.83. The molecule has 0 unspecified atom stereocenters. The van der Waals surface area contributed by atoms with Gasteiger partial charge in [0.15, 0.2) is 0 Å². The Hall–Kier alpha value is -2.71. The number of piperazine rings is 1. The molecule has 2 aliphatic heterocycles. The van der Waals surface area contributed by atoms with Crippen molar-refractivity contribution in [3.63, 3.8) is 0 Å². The summed E-state index contributed by atoms with van der Waals surface area (Å²) in [4.78, 5) is 42.2. The maximum absolute atomic E-state index is 12.9. The van der Waals surface area contributed by atoms with Crippen LogP contribution in [-0.4, -0.2) is 77.5 Å². The van der Waals surface area contributed by atoms with E-state index in [1.54, 1.807) is 0 Å².